The van der Waals surface area contributed by atoms with Crippen LogP contribution >= 0.6 is 0 Å². The van der Waals surface area contributed by atoms with Crippen LogP contribution in [0.5, 0.6) is 0 Å². The van der Waals surface area contributed by atoms with Crippen molar-refractivity contribution < 1.29 is 14.3 Å². The molecular formula is C23H37N3O3. The summed E-state index contributed by atoms with van der Waals surface area (Å²) in [6.07, 6.45) is 1.96. The van der Waals surface area contributed by atoms with Crippen LogP contribution < -0.4 is 5.32 Å². The van der Waals surface area contributed by atoms with Gasteiger partial charge in [-0.05, 0) is 45.2 Å². The molecule has 0 bridgehead atoms. The van der Waals surface area contributed by atoms with Gasteiger partial charge >= 0.3 is 0 Å². The molecule has 29 heavy (non-hydrogen) atoms. The van der Waals surface area contributed by atoms with Crippen LogP contribution in [0, 0.1) is 0 Å². The second-order valence-corrected chi connectivity index (χ2v) is 7.96. The number of rotatable bonds is 10. The number of ether oxygens (including phenoxy) is 1. The highest BCUT2D eigenvalue weighted by Gasteiger charge is 2.21. The molecule has 162 valence electrons. The van der Waals surface area contributed by atoms with Crippen LogP contribution in [0.4, 0.5) is 0 Å². The number of nitrogens with one attached hydrogen (secondary N) is 1. The van der Waals surface area contributed by atoms with Gasteiger partial charge in [0.05, 0.1) is 12.2 Å². The van der Waals surface area contributed by atoms with Crippen LogP contribution in [-0.2, 0) is 27.4 Å². The molecule has 2 amide bonds. The standard InChI is InChI=1S/C23H37N3O3/c1-5-26(6-2)23(28)9-7-8-22(27)24-14-20-10-12-21(13-11-20)17-25-15-18(3)29-19(4)16-25/h10-13,18-19H,5-9,14-17H2,1-4H3,(H,24,27). The van der Waals surface area contributed by atoms with E-state index in [2.05, 4.69) is 48.3 Å². The lowest BCUT2D eigenvalue weighted by Gasteiger charge is -2.35. The van der Waals surface area contributed by atoms with Gasteiger partial charge in [-0.25, -0.2) is 0 Å². The van der Waals surface area contributed by atoms with Crippen molar-refractivity contribution in [1.29, 1.82) is 0 Å². The SMILES string of the molecule is CCN(CC)C(=O)CCCC(=O)NCc1ccc(CN2CC(C)OC(C)C2)cc1. The third-order valence-electron chi connectivity index (χ3n) is 5.32. The molecular weight excluding hydrogens is 366 g/mol. The Balaban J connectivity index is 1.69. The van der Waals surface area contributed by atoms with Crippen molar-refractivity contribution in [3.8, 4) is 0 Å². The average molecular weight is 404 g/mol. The van der Waals surface area contributed by atoms with E-state index in [-0.39, 0.29) is 24.0 Å². The second-order valence-electron chi connectivity index (χ2n) is 7.96. The zero-order valence-electron chi connectivity index (χ0n) is 18.4. The van der Waals surface area contributed by atoms with Crippen LogP contribution in [-0.4, -0.2) is 60.0 Å². The first-order valence-electron chi connectivity index (χ1n) is 10.9. The van der Waals surface area contributed by atoms with Gasteiger partial charge in [0.25, 0.3) is 0 Å². The highest BCUT2D eigenvalue weighted by Crippen LogP contribution is 2.15. The van der Waals surface area contributed by atoms with E-state index in [9.17, 15) is 9.59 Å². The fourth-order valence-corrected chi connectivity index (χ4v) is 3.86. The van der Waals surface area contributed by atoms with Gasteiger partial charge in [0.1, 0.15) is 0 Å². The summed E-state index contributed by atoms with van der Waals surface area (Å²) in [5.41, 5.74) is 2.36. The summed E-state index contributed by atoms with van der Waals surface area (Å²) in [6, 6.07) is 8.42. The molecule has 1 aliphatic rings. The number of benzene rings is 1. The molecule has 1 saturated heterocycles. The van der Waals surface area contributed by atoms with E-state index >= 15 is 0 Å². The molecule has 0 spiro atoms. The van der Waals surface area contributed by atoms with Crippen LogP contribution in [0.2, 0.25) is 0 Å². The van der Waals surface area contributed by atoms with Gasteiger partial charge in [0, 0.05) is 52.1 Å². The monoisotopic (exact) mass is 403 g/mol. The van der Waals surface area contributed by atoms with E-state index < -0.39 is 0 Å². The van der Waals surface area contributed by atoms with Crippen molar-refractivity contribution in [2.45, 2.75) is 72.3 Å². The maximum absolute atomic E-state index is 12.0. The normalized spacial score (nSPS) is 19.7. The first-order valence-corrected chi connectivity index (χ1v) is 10.9. The molecule has 1 aromatic carbocycles. The minimum Gasteiger partial charge on any atom is -0.373 e. The first kappa shape index (κ1) is 23.4. The Kier molecular flexibility index (Phi) is 9.61. The Bertz CT molecular complexity index is 633. The van der Waals surface area contributed by atoms with Crippen molar-refractivity contribution in [3.63, 3.8) is 0 Å². The van der Waals surface area contributed by atoms with E-state index in [1.165, 1.54) is 5.56 Å². The van der Waals surface area contributed by atoms with Crippen LogP contribution in [0.25, 0.3) is 0 Å². The first-order chi connectivity index (χ1) is 13.9. The molecule has 1 aromatic rings. The third kappa shape index (κ3) is 8.15. The summed E-state index contributed by atoms with van der Waals surface area (Å²) in [5.74, 6) is 0.125. The molecule has 1 heterocycles. The van der Waals surface area contributed by atoms with E-state index in [4.69, 9.17) is 4.74 Å². The predicted octanol–water partition coefficient (Wildman–Crippen LogP) is 2.95. The lowest BCUT2D eigenvalue weighted by Crippen LogP contribution is -2.44. The lowest BCUT2D eigenvalue weighted by molar-refractivity contribution is -0.131. The molecule has 2 unspecified atom stereocenters. The average Bonchev–Trinajstić information content (AvgIpc) is 2.67. The maximum atomic E-state index is 12.0. The van der Waals surface area contributed by atoms with Gasteiger partial charge in [0.2, 0.25) is 11.8 Å². The van der Waals surface area contributed by atoms with Gasteiger partial charge in [-0.1, -0.05) is 24.3 Å². The van der Waals surface area contributed by atoms with E-state index in [0.717, 1.165) is 38.3 Å². The maximum Gasteiger partial charge on any atom is 0.222 e. The largest absolute Gasteiger partial charge is 0.373 e. The number of nitrogens with zero attached hydrogens (tertiary/aromatic N) is 2. The van der Waals surface area contributed by atoms with Gasteiger partial charge in [-0.2, -0.15) is 0 Å². The Morgan fingerprint density at radius 2 is 1.62 bits per heavy atom. The fraction of sp³-hybridized carbons (Fsp3) is 0.652. The Morgan fingerprint density at radius 3 is 2.21 bits per heavy atom. The van der Waals surface area contributed by atoms with Gasteiger partial charge in [0.15, 0.2) is 0 Å². The van der Waals surface area contributed by atoms with E-state index in [0.29, 0.717) is 25.8 Å². The molecule has 0 aromatic heterocycles. The minimum atomic E-state index is -0.00212. The number of carbonyl (C=O) groups is 2. The summed E-state index contributed by atoms with van der Waals surface area (Å²) in [4.78, 5) is 28.2. The molecule has 6 heteroatoms. The predicted molar refractivity (Wildman–Crippen MR) is 115 cm³/mol. The lowest BCUT2D eigenvalue weighted by atomic mass is 10.1. The summed E-state index contributed by atoms with van der Waals surface area (Å²) in [6.45, 7) is 13.0. The highest BCUT2D eigenvalue weighted by atomic mass is 16.5. The molecule has 1 aliphatic heterocycles. The number of hydrogen-bond donors (Lipinski definition) is 1. The van der Waals surface area contributed by atoms with Crippen LogP contribution in [0.1, 0.15) is 58.1 Å². The second kappa shape index (κ2) is 11.9. The number of carbonyl (C=O) groups excluding carboxylic acids is 2. The van der Waals surface area contributed by atoms with Crippen molar-refractivity contribution >= 4 is 11.8 Å². The zero-order chi connectivity index (χ0) is 21.2. The quantitative estimate of drug-likeness (QED) is 0.652. The summed E-state index contributed by atoms with van der Waals surface area (Å²) in [5, 5.41) is 2.95. The van der Waals surface area contributed by atoms with Crippen LogP contribution in [0.3, 0.4) is 0 Å². The highest BCUT2D eigenvalue weighted by molar-refractivity contribution is 5.78. The fourth-order valence-electron chi connectivity index (χ4n) is 3.86. The Morgan fingerprint density at radius 1 is 1.03 bits per heavy atom. The molecule has 1 N–H and O–H groups in total. The third-order valence-corrected chi connectivity index (χ3v) is 5.32. The molecule has 1 fully saturated rings. The van der Waals surface area contributed by atoms with Gasteiger partial charge in [-0.3, -0.25) is 14.5 Å². The summed E-state index contributed by atoms with van der Waals surface area (Å²) >= 11 is 0. The molecule has 0 radical (unpaired) electrons. The Hall–Kier alpha value is -1.92. The molecule has 0 saturated carbocycles. The van der Waals surface area contributed by atoms with Crippen molar-refractivity contribution in [2.75, 3.05) is 26.2 Å². The number of amides is 2. The van der Waals surface area contributed by atoms with Crippen molar-refractivity contribution in [3.05, 3.63) is 35.4 Å². The summed E-state index contributed by atoms with van der Waals surface area (Å²) in [7, 11) is 0. The zero-order valence-corrected chi connectivity index (χ0v) is 18.4. The smallest absolute Gasteiger partial charge is 0.222 e. The van der Waals surface area contributed by atoms with Gasteiger partial charge < -0.3 is 15.0 Å². The van der Waals surface area contributed by atoms with Gasteiger partial charge in [-0.15, -0.1) is 0 Å². The number of hydrogen-bond acceptors (Lipinski definition) is 4. The van der Waals surface area contributed by atoms with Crippen molar-refractivity contribution in [2.24, 2.45) is 0 Å². The van der Waals surface area contributed by atoms with E-state index in [1.807, 2.05) is 13.8 Å². The topological polar surface area (TPSA) is 61.9 Å². The minimum absolute atomic E-state index is 0.00212. The number of morpholine rings is 1. The van der Waals surface area contributed by atoms with E-state index in [1.54, 1.807) is 4.90 Å². The van der Waals surface area contributed by atoms with Crippen molar-refractivity contribution in [1.82, 2.24) is 15.1 Å². The molecule has 0 aliphatic carbocycles. The summed E-state index contributed by atoms with van der Waals surface area (Å²) < 4.78 is 5.79. The molecule has 2 atom stereocenters. The molecule has 6 nitrogen and oxygen atoms in total. The van der Waals surface area contributed by atoms with Crippen LogP contribution in [0.15, 0.2) is 24.3 Å². The Labute approximate surface area is 175 Å². The molecule has 2 rings (SSSR count).